The largest absolute Gasteiger partial charge is 0.458 e. The molecule has 0 bridgehead atoms. The summed E-state index contributed by atoms with van der Waals surface area (Å²) in [5.41, 5.74) is -0.528. The molecule has 0 aliphatic heterocycles. The molecular weight excluding hydrogens is 396 g/mol. The number of ether oxygens (including phenoxy) is 2. The molecule has 0 saturated heterocycles. The maximum atomic E-state index is 12.7. The lowest BCUT2D eigenvalue weighted by Crippen LogP contribution is -2.54. The normalized spacial score (nSPS) is 36.5. The van der Waals surface area contributed by atoms with Crippen molar-refractivity contribution in [2.45, 2.75) is 92.1 Å². The first-order chi connectivity index (χ1) is 14.3. The van der Waals surface area contributed by atoms with Crippen molar-refractivity contribution in [3.8, 4) is 0 Å². The van der Waals surface area contributed by atoms with Crippen molar-refractivity contribution in [2.75, 3.05) is 0 Å². The van der Waals surface area contributed by atoms with Crippen LogP contribution in [0.15, 0.2) is 34.9 Å². The molecule has 6 heteroatoms. The molecule has 2 aliphatic carbocycles. The van der Waals surface area contributed by atoms with Gasteiger partial charge in [0, 0.05) is 35.3 Å². The van der Waals surface area contributed by atoms with Crippen molar-refractivity contribution in [1.82, 2.24) is 0 Å². The Labute approximate surface area is 186 Å². The molecule has 0 amide bonds. The standard InChI is InChI=1S/C25H38O6/c1-9-16(6)22(27)30-18-11-15(5)12-19(26)24(8)20(31-23(28)17(7)10-2)13-25(29,14(3)4)21(18)24/h9-10,12,14,18-21,26,29H,11,13H2,1-8H3/b16-9-,17-10-/t18-,19+,20+,21+,24-,25+/m0/s1. The predicted octanol–water partition coefficient (Wildman–Crippen LogP) is 3.87. The lowest BCUT2D eigenvalue weighted by Gasteiger charge is -2.45. The summed E-state index contributed by atoms with van der Waals surface area (Å²) in [5.74, 6) is -1.76. The minimum absolute atomic E-state index is 0.162. The summed E-state index contributed by atoms with van der Waals surface area (Å²) in [6.07, 6.45) is 3.26. The van der Waals surface area contributed by atoms with E-state index in [1.165, 1.54) is 0 Å². The summed E-state index contributed by atoms with van der Waals surface area (Å²) in [4.78, 5) is 25.3. The lowest BCUT2D eigenvalue weighted by atomic mass is 9.66. The van der Waals surface area contributed by atoms with E-state index >= 15 is 0 Å². The van der Waals surface area contributed by atoms with E-state index in [2.05, 4.69) is 0 Å². The summed E-state index contributed by atoms with van der Waals surface area (Å²) in [6, 6.07) is 0. The highest BCUT2D eigenvalue weighted by atomic mass is 16.6. The molecular formula is C25H38O6. The third-order valence-electron chi connectivity index (χ3n) is 7.41. The minimum atomic E-state index is -1.29. The van der Waals surface area contributed by atoms with Crippen LogP contribution in [0, 0.1) is 17.3 Å². The molecule has 0 spiro atoms. The molecule has 2 rings (SSSR count). The van der Waals surface area contributed by atoms with Crippen LogP contribution in [0.4, 0.5) is 0 Å². The Bertz CT molecular complexity index is 807. The molecule has 0 aromatic carbocycles. The van der Waals surface area contributed by atoms with Gasteiger partial charge in [-0.2, -0.15) is 0 Å². The molecule has 2 N–H and O–H groups in total. The first-order valence-corrected chi connectivity index (χ1v) is 11.1. The zero-order chi connectivity index (χ0) is 23.7. The second kappa shape index (κ2) is 9.29. The van der Waals surface area contributed by atoms with E-state index in [0.29, 0.717) is 17.6 Å². The highest BCUT2D eigenvalue weighted by Gasteiger charge is 2.67. The van der Waals surface area contributed by atoms with E-state index in [9.17, 15) is 19.8 Å². The van der Waals surface area contributed by atoms with Crippen LogP contribution in [0.5, 0.6) is 0 Å². The highest BCUT2D eigenvalue weighted by Crippen LogP contribution is 2.59. The molecule has 6 nitrogen and oxygen atoms in total. The second-order valence-electron chi connectivity index (χ2n) is 9.64. The Hall–Kier alpha value is -1.92. The van der Waals surface area contributed by atoms with Crippen LogP contribution in [0.25, 0.3) is 0 Å². The van der Waals surface area contributed by atoms with Gasteiger partial charge in [0.1, 0.15) is 12.2 Å². The summed E-state index contributed by atoms with van der Waals surface area (Å²) in [6.45, 7) is 14.4. The number of carbonyl (C=O) groups excluding carboxylic acids is 2. The maximum absolute atomic E-state index is 12.7. The first kappa shape index (κ1) is 25.3. The van der Waals surface area contributed by atoms with E-state index in [1.807, 2.05) is 27.7 Å². The van der Waals surface area contributed by atoms with Crippen LogP contribution in [0.3, 0.4) is 0 Å². The van der Waals surface area contributed by atoms with Crippen LogP contribution in [0.1, 0.15) is 68.2 Å². The number of hydrogen-bond acceptors (Lipinski definition) is 6. The van der Waals surface area contributed by atoms with Gasteiger partial charge in [-0.05, 0) is 40.5 Å². The molecule has 0 radical (unpaired) electrons. The van der Waals surface area contributed by atoms with E-state index in [1.54, 1.807) is 45.9 Å². The van der Waals surface area contributed by atoms with Crippen LogP contribution >= 0.6 is 0 Å². The smallest absolute Gasteiger partial charge is 0.333 e. The van der Waals surface area contributed by atoms with Gasteiger partial charge in [-0.25, -0.2) is 9.59 Å². The quantitative estimate of drug-likeness (QED) is 0.388. The summed E-state index contributed by atoms with van der Waals surface area (Å²) < 4.78 is 11.8. The van der Waals surface area contributed by atoms with Gasteiger partial charge >= 0.3 is 11.9 Å². The van der Waals surface area contributed by atoms with Gasteiger partial charge < -0.3 is 19.7 Å². The number of allylic oxidation sites excluding steroid dienone is 2. The van der Waals surface area contributed by atoms with E-state index in [-0.39, 0.29) is 12.3 Å². The average molecular weight is 435 g/mol. The number of carbonyl (C=O) groups is 2. The minimum Gasteiger partial charge on any atom is -0.458 e. The molecule has 2 aliphatic rings. The average Bonchev–Trinajstić information content (AvgIpc) is 2.88. The molecule has 31 heavy (non-hydrogen) atoms. The lowest BCUT2D eigenvalue weighted by molar-refractivity contribution is -0.173. The number of fused-ring (bicyclic) bond motifs is 1. The molecule has 174 valence electrons. The van der Waals surface area contributed by atoms with Crippen molar-refractivity contribution in [3.63, 3.8) is 0 Å². The molecule has 0 aromatic rings. The first-order valence-electron chi connectivity index (χ1n) is 11.1. The topological polar surface area (TPSA) is 93.1 Å². The van der Waals surface area contributed by atoms with Crippen LogP contribution in [0.2, 0.25) is 0 Å². The fourth-order valence-electron chi connectivity index (χ4n) is 4.99. The Morgan fingerprint density at radius 1 is 1.13 bits per heavy atom. The summed E-state index contributed by atoms with van der Waals surface area (Å²) in [5, 5.41) is 23.1. The number of rotatable bonds is 5. The Kier molecular flexibility index (Phi) is 7.59. The van der Waals surface area contributed by atoms with Gasteiger partial charge in [-0.15, -0.1) is 0 Å². The predicted molar refractivity (Wildman–Crippen MR) is 119 cm³/mol. The molecule has 0 aromatic heterocycles. The second-order valence-corrected chi connectivity index (χ2v) is 9.64. The number of hydrogen-bond donors (Lipinski definition) is 2. The van der Waals surface area contributed by atoms with E-state index in [4.69, 9.17) is 9.47 Å². The van der Waals surface area contributed by atoms with Gasteiger partial charge in [-0.1, -0.05) is 44.6 Å². The summed E-state index contributed by atoms with van der Waals surface area (Å²) >= 11 is 0. The van der Waals surface area contributed by atoms with Gasteiger partial charge in [0.25, 0.3) is 0 Å². The van der Waals surface area contributed by atoms with Crippen molar-refractivity contribution < 1.29 is 29.3 Å². The maximum Gasteiger partial charge on any atom is 0.333 e. The molecule has 6 atom stereocenters. The molecule has 0 heterocycles. The molecule has 0 unspecified atom stereocenters. The molecule has 1 saturated carbocycles. The zero-order valence-corrected chi connectivity index (χ0v) is 20.1. The summed E-state index contributed by atoms with van der Waals surface area (Å²) in [7, 11) is 0. The SMILES string of the molecule is C/C=C(/C)C(=O)O[C@H]1CC(C)=C[C@@H](O)[C@]2(C)[C@@H]1[C@](O)(C(C)C)C[C@H]2OC(=O)/C(C)=C\C. The van der Waals surface area contributed by atoms with Crippen molar-refractivity contribution in [2.24, 2.45) is 17.3 Å². The number of aliphatic hydroxyl groups is 2. The Balaban J connectivity index is 2.61. The van der Waals surface area contributed by atoms with Crippen molar-refractivity contribution in [3.05, 3.63) is 34.9 Å². The van der Waals surface area contributed by atoms with Gasteiger partial charge in [0.2, 0.25) is 0 Å². The van der Waals surface area contributed by atoms with E-state index < -0.39 is 47.2 Å². The Morgan fingerprint density at radius 2 is 1.65 bits per heavy atom. The van der Waals surface area contributed by atoms with Crippen molar-refractivity contribution >= 4 is 11.9 Å². The zero-order valence-electron chi connectivity index (χ0n) is 20.1. The van der Waals surface area contributed by atoms with Crippen LogP contribution < -0.4 is 0 Å². The fraction of sp³-hybridized carbons (Fsp3) is 0.680. The monoisotopic (exact) mass is 434 g/mol. The fourth-order valence-corrected chi connectivity index (χ4v) is 4.99. The van der Waals surface area contributed by atoms with Gasteiger partial charge in [0.15, 0.2) is 0 Å². The number of aliphatic hydroxyl groups excluding tert-OH is 1. The van der Waals surface area contributed by atoms with Crippen LogP contribution in [-0.2, 0) is 19.1 Å². The highest BCUT2D eigenvalue weighted by molar-refractivity contribution is 5.88. The molecule has 1 fully saturated rings. The third kappa shape index (κ3) is 4.51. The van der Waals surface area contributed by atoms with Crippen LogP contribution in [-0.4, -0.2) is 46.1 Å². The number of esters is 2. The Morgan fingerprint density at radius 3 is 2.13 bits per heavy atom. The third-order valence-corrected chi connectivity index (χ3v) is 7.41. The van der Waals surface area contributed by atoms with Gasteiger partial charge in [0.05, 0.1) is 11.7 Å². The van der Waals surface area contributed by atoms with Crippen molar-refractivity contribution in [1.29, 1.82) is 0 Å². The van der Waals surface area contributed by atoms with E-state index in [0.717, 1.165) is 5.57 Å². The van der Waals surface area contributed by atoms with Gasteiger partial charge in [-0.3, -0.25) is 0 Å².